The van der Waals surface area contributed by atoms with Gasteiger partial charge >= 0.3 is 0 Å². The summed E-state index contributed by atoms with van der Waals surface area (Å²) in [7, 11) is -3.52. The Labute approximate surface area is 198 Å². The molecule has 7 heteroatoms. The molecule has 2 aromatic rings. The lowest BCUT2D eigenvalue weighted by molar-refractivity contribution is -0.138. The fraction of sp³-hybridized carbons (Fsp3) is 0.500. The zero-order valence-electron chi connectivity index (χ0n) is 20.0. The van der Waals surface area contributed by atoms with Crippen molar-refractivity contribution in [1.82, 2.24) is 14.1 Å². The minimum Gasteiger partial charge on any atom is -0.340 e. The van der Waals surface area contributed by atoms with Crippen molar-refractivity contribution in [2.45, 2.75) is 45.1 Å². The predicted molar refractivity (Wildman–Crippen MR) is 130 cm³/mol. The van der Waals surface area contributed by atoms with Crippen LogP contribution in [0.15, 0.2) is 47.4 Å². The van der Waals surface area contributed by atoms with Gasteiger partial charge in [-0.25, -0.2) is 8.42 Å². The van der Waals surface area contributed by atoms with Crippen molar-refractivity contribution in [3.63, 3.8) is 0 Å². The molecule has 0 N–H and O–H groups in total. The van der Waals surface area contributed by atoms with Gasteiger partial charge in [0.15, 0.2) is 0 Å². The third-order valence-corrected chi connectivity index (χ3v) is 8.98. The van der Waals surface area contributed by atoms with E-state index in [0.29, 0.717) is 30.8 Å². The largest absolute Gasteiger partial charge is 0.340 e. The number of sulfonamides is 1. The van der Waals surface area contributed by atoms with Gasteiger partial charge in [-0.1, -0.05) is 47.5 Å². The highest BCUT2D eigenvalue weighted by Gasteiger charge is 2.35. The summed E-state index contributed by atoms with van der Waals surface area (Å²) in [5.41, 5.74) is 4.41. The zero-order valence-corrected chi connectivity index (χ0v) is 20.8. The van der Waals surface area contributed by atoms with Gasteiger partial charge in [-0.05, 0) is 50.8 Å². The lowest BCUT2D eigenvalue weighted by Crippen LogP contribution is -2.51. The summed E-state index contributed by atoms with van der Waals surface area (Å²) < 4.78 is 27.8. The van der Waals surface area contributed by atoms with Crippen molar-refractivity contribution in [1.29, 1.82) is 0 Å². The van der Waals surface area contributed by atoms with Crippen LogP contribution in [-0.2, 0) is 21.4 Å². The Bertz CT molecular complexity index is 1100. The van der Waals surface area contributed by atoms with Gasteiger partial charge in [-0.2, -0.15) is 4.31 Å². The molecule has 0 unspecified atom stereocenters. The number of hydrogen-bond donors (Lipinski definition) is 0. The molecule has 2 aromatic carbocycles. The molecule has 178 valence electrons. The lowest BCUT2D eigenvalue weighted by atomic mass is 9.96. The average molecular weight is 470 g/mol. The summed E-state index contributed by atoms with van der Waals surface area (Å²) >= 11 is 0. The number of rotatable bonds is 5. The molecule has 0 saturated carbocycles. The van der Waals surface area contributed by atoms with Crippen LogP contribution in [0.5, 0.6) is 0 Å². The molecule has 2 fully saturated rings. The Morgan fingerprint density at radius 3 is 2.18 bits per heavy atom. The van der Waals surface area contributed by atoms with Crippen LogP contribution in [0.2, 0.25) is 0 Å². The molecule has 2 aliphatic rings. The molecule has 2 heterocycles. The molecule has 0 bridgehead atoms. The molecule has 0 aliphatic carbocycles. The van der Waals surface area contributed by atoms with E-state index in [4.69, 9.17) is 0 Å². The van der Waals surface area contributed by atoms with E-state index in [1.807, 2.05) is 30.9 Å². The molecule has 0 spiro atoms. The SMILES string of the molecule is Cc1cccc(CN2CCN(C(=O)C3CCN(S(=O)(=O)c4ccc(C)cc4C)CC3)CC2)c1. The van der Waals surface area contributed by atoms with Crippen molar-refractivity contribution in [3.05, 3.63) is 64.7 Å². The maximum atomic E-state index is 13.1. The molecule has 0 radical (unpaired) electrons. The molecule has 2 aliphatic heterocycles. The highest BCUT2D eigenvalue weighted by Crippen LogP contribution is 2.27. The monoisotopic (exact) mass is 469 g/mol. The van der Waals surface area contributed by atoms with Crippen molar-refractivity contribution < 1.29 is 13.2 Å². The minimum absolute atomic E-state index is 0.0844. The standard InChI is InChI=1S/C26H35N3O3S/c1-20-5-4-6-23(18-20)19-27-13-15-28(16-14-27)26(30)24-9-11-29(12-10-24)33(31,32)25-8-7-21(2)17-22(25)3/h4-8,17-18,24H,9-16,19H2,1-3H3. The fourth-order valence-corrected chi connectivity index (χ4v) is 6.70. The smallest absolute Gasteiger partial charge is 0.243 e. The maximum absolute atomic E-state index is 13.1. The first kappa shape index (κ1) is 23.9. The number of carbonyl (C=O) groups excluding carboxylic acids is 1. The third-order valence-electron chi connectivity index (χ3n) is 6.92. The molecular formula is C26H35N3O3S. The molecule has 1 amide bonds. The molecule has 0 atom stereocenters. The van der Waals surface area contributed by atoms with Crippen LogP contribution in [0.1, 0.15) is 35.1 Å². The number of piperidine rings is 1. The predicted octanol–water partition coefficient (Wildman–Crippen LogP) is 3.36. The Kier molecular flexibility index (Phi) is 7.22. The highest BCUT2D eigenvalue weighted by atomic mass is 32.2. The fourth-order valence-electron chi connectivity index (χ4n) is 5.02. The van der Waals surface area contributed by atoms with Gasteiger partial charge in [0.2, 0.25) is 15.9 Å². The van der Waals surface area contributed by atoms with Gasteiger partial charge in [0.05, 0.1) is 4.90 Å². The number of piperazine rings is 1. The van der Waals surface area contributed by atoms with Crippen LogP contribution < -0.4 is 0 Å². The number of hydrogen-bond acceptors (Lipinski definition) is 4. The van der Waals surface area contributed by atoms with E-state index in [1.54, 1.807) is 10.4 Å². The Balaban J connectivity index is 1.29. The van der Waals surface area contributed by atoms with E-state index in [0.717, 1.165) is 43.9 Å². The van der Waals surface area contributed by atoms with Gasteiger partial charge in [-0.3, -0.25) is 9.69 Å². The number of benzene rings is 2. The van der Waals surface area contributed by atoms with E-state index in [1.165, 1.54) is 11.1 Å². The number of amides is 1. The van der Waals surface area contributed by atoms with Crippen molar-refractivity contribution in [3.8, 4) is 0 Å². The lowest BCUT2D eigenvalue weighted by Gasteiger charge is -2.38. The first-order chi connectivity index (χ1) is 15.7. The Morgan fingerprint density at radius 2 is 1.55 bits per heavy atom. The summed E-state index contributed by atoms with van der Waals surface area (Å²) in [6, 6.07) is 14.0. The number of aryl methyl sites for hydroxylation is 3. The molecule has 33 heavy (non-hydrogen) atoms. The van der Waals surface area contributed by atoms with E-state index < -0.39 is 10.0 Å². The molecular weight excluding hydrogens is 434 g/mol. The van der Waals surface area contributed by atoms with Gasteiger partial charge in [0.1, 0.15) is 0 Å². The average Bonchev–Trinajstić information content (AvgIpc) is 2.79. The third kappa shape index (κ3) is 5.48. The zero-order chi connectivity index (χ0) is 23.6. The maximum Gasteiger partial charge on any atom is 0.243 e. The van der Waals surface area contributed by atoms with E-state index >= 15 is 0 Å². The summed E-state index contributed by atoms with van der Waals surface area (Å²) in [5.74, 6) is 0.104. The second kappa shape index (κ2) is 9.95. The molecule has 2 saturated heterocycles. The van der Waals surface area contributed by atoms with Crippen LogP contribution in [-0.4, -0.2) is 67.7 Å². The topological polar surface area (TPSA) is 60.9 Å². The normalized spacial score (nSPS) is 19.1. The number of nitrogens with zero attached hydrogens (tertiary/aromatic N) is 3. The molecule has 4 rings (SSSR count). The van der Waals surface area contributed by atoms with Gasteiger partial charge < -0.3 is 4.90 Å². The van der Waals surface area contributed by atoms with E-state index in [9.17, 15) is 13.2 Å². The quantitative estimate of drug-likeness (QED) is 0.674. The first-order valence-electron chi connectivity index (χ1n) is 11.9. The summed E-state index contributed by atoms with van der Waals surface area (Å²) in [6.07, 6.45) is 1.18. The minimum atomic E-state index is -3.52. The van der Waals surface area contributed by atoms with Crippen LogP contribution >= 0.6 is 0 Å². The molecule has 0 aromatic heterocycles. The second-order valence-electron chi connectivity index (χ2n) is 9.54. The Morgan fingerprint density at radius 1 is 0.879 bits per heavy atom. The highest BCUT2D eigenvalue weighted by molar-refractivity contribution is 7.89. The summed E-state index contributed by atoms with van der Waals surface area (Å²) in [4.78, 5) is 17.9. The van der Waals surface area contributed by atoms with Crippen molar-refractivity contribution >= 4 is 15.9 Å². The van der Waals surface area contributed by atoms with Gasteiger partial charge in [-0.15, -0.1) is 0 Å². The van der Waals surface area contributed by atoms with Gasteiger partial charge in [0, 0.05) is 51.7 Å². The summed E-state index contributed by atoms with van der Waals surface area (Å²) in [6.45, 7) is 10.9. The van der Waals surface area contributed by atoms with Crippen LogP contribution in [0.25, 0.3) is 0 Å². The number of carbonyl (C=O) groups is 1. The van der Waals surface area contributed by atoms with Gasteiger partial charge in [0.25, 0.3) is 0 Å². The second-order valence-corrected chi connectivity index (χ2v) is 11.4. The van der Waals surface area contributed by atoms with E-state index in [2.05, 4.69) is 36.1 Å². The van der Waals surface area contributed by atoms with Crippen molar-refractivity contribution in [2.75, 3.05) is 39.3 Å². The van der Waals surface area contributed by atoms with Crippen LogP contribution in [0.3, 0.4) is 0 Å². The Hall–Kier alpha value is -2.22. The van der Waals surface area contributed by atoms with E-state index in [-0.39, 0.29) is 11.8 Å². The van der Waals surface area contributed by atoms with Crippen molar-refractivity contribution in [2.24, 2.45) is 5.92 Å². The van der Waals surface area contributed by atoms with Crippen LogP contribution in [0.4, 0.5) is 0 Å². The van der Waals surface area contributed by atoms with Crippen LogP contribution in [0, 0.1) is 26.7 Å². The summed E-state index contributed by atoms with van der Waals surface area (Å²) in [5, 5.41) is 0. The molecule has 6 nitrogen and oxygen atoms in total. The first-order valence-corrected chi connectivity index (χ1v) is 13.3.